The van der Waals surface area contributed by atoms with Crippen molar-refractivity contribution >= 4 is 0 Å². The molecule has 1 aliphatic rings. The quantitative estimate of drug-likeness (QED) is 0.780. The number of nitrogens with one attached hydrogen (secondary N) is 1. The summed E-state index contributed by atoms with van der Waals surface area (Å²) in [6.07, 6.45) is 5.29. The van der Waals surface area contributed by atoms with E-state index < -0.39 is 0 Å². The molecule has 0 atom stereocenters. The van der Waals surface area contributed by atoms with Gasteiger partial charge in [0.2, 0.25) is 0 Å². The van der Waals surface area contributed by atoms with Gasteiger partial charge in [0.05, 0.1) is 0 Å². The second kappa shape index (κ2) is 6.91. The number of nitrogens with zero attached hydrogens (tertiary/aromatic N) is 1. The second-order valence-corrected chi connectivity index (χ2v) is 7.26. The Bertz CT molecular complexity index is 217. The highest BCUT2D eigenvalue weighted by molar-refractivity contribution is 4.90. The molecule has 0 aromatic rings. The van der Waals surface area contributed by atoms with Crippen molar-refractivity contribution in [3.63, 3.8) is 0 Å². The highest BCUT2D eigenvalue weighted by Gasteiger charge is 2.31. The first-order valence-corrected chi connectivity index (χ1v) is 7.79. The maximum Gasteiger partial charge on any atom is 0.0174 e. The zero-order valence-corrected chi connectivity index (χ0v) is 13.4. The molecule has 0 amide bonds. The van der Waals surface area contributed by atoms with E-state index >= 15 is 0 Å². The van der Waals surface area contributed by atoms with Gasteiger partial charge in [-0.15, -0.1) is 0 Å². The molecule has 108 valence electrons. The van der Waals surface area contributed by atoms with E-state index in [0.717, 1.165) is 17.9 Å². The summed E-state index contributed by atoms with van der Waals surface area (Å²) in [5, 5.41) is 3.49. The summed E-state index contributed by atoms with van der Waals surface area (Å²) in [6.45, 7) is 14.3. The number of hydrogen-bond acceptors (Lipinski definition) is 2. The Morgan fingerprint density at radius 3 is 1.78 bits per heavy atom. The Balaban J connectivity index is 2.54. The van der Waals surface area contributed by atoms with Crippen molar-refractivity contribution in [1.29, 1.82) is 0 Å². The molecule has 1 saturated heterocycles. The number of rotatable bonds is 6. The minimum Gasteiger partial charge on any atom is -0.314 e. The second-order valence-electron chi connectivity index (χ2n) is 7.26. The Kier molecular flexibility index (Phi) is 6.13. The smallest absolute Gasteiger partial charge is 0.0174 e. The summed E-state index contributed by atoms with van der Waals surface area (Å²) in [4.78, 5) is 2.75. The zero-order chi connectivity index (χ0) is 13.8. The van der Waals surface area contributed by atoms with Crippen LogP contribution in [0.5, 0.6) is 0 Å². The van der Waals surface area contributed by atoms with E-state index in [9.17, 15) is 0 Å². The van der Waals surface area contributed by atoms with Crippen molar-refractivity contribution in [3.05, 3.63) is 0 Å². The maximum atomic E-state index is 3.49. The molecule has 0 bridgehead atoms. The SMILES string of the molecule is CNC1(C)CCN(C(CC(C)C)CC(C)C)CC1. The molecular formula is C16H34N2. The molecule has 0 aromatic carbocycles. The Morgan fingerprint density at radius 1 is 1.00 bits per heavy atom. The maximum absolute atomic E-state index is 3.49. The lowest BCUT2D eigenvalue weighted by Crippen LogP contribution is -2.52. The van der Waals surface area contributed by atoms with E-state index in [4.69, 9.17) is 0 Å². The van der Waals surface area contributed by atoms with Crippen molar-refractivity contribution in [3.8, 4) is 0 Å². The summed E-state index contributed by atoms with van der Waals surface area (Å²) in [7, 11) is 2.11. The van der Waals surface area contributed by atoms with Gasteiger partial charge in [0, 0.05) is 24.7 Å². The third kappa shape index (κ3) is 4.89. The monoisotopic (exact) mass is 254 g/mol. The van der Waals surface area contributed by atoms with Crippen LogP contribution in [0.1, 0.15) is 60.3 Å². The molecule has 18 heavy (non-hydrogen) atoms. The standard InChI is InChI=1S/C16H34N2/c1-13(2)11-15(12-14(3)4)18-9-7-16(5,17-6)8-10-18/h13-15,17H,7-12H2,1-6H3. The highest BCUT2D eigenvalue weighted by atomic mass is 15.2. The molecule has 0 saturated carbocycles. The zero-order valence-electron chi connectivity index (χ0n) is 13.4. The number of hydrogen-bond donors (Lipinski definition) is 1. The van der Waals surface area contributed by atoms with Gasteiger partial charge in [-0.1, -0.05) is 27.7 Å². The summed E-state index contributed by atoms with van der Waals surface area (Å²) in [6, 6.07) is 0.798. The van der Waals surface area contributed by atoms with Gasteiger partial charge in [-0.05, 0) is 51.5 Å². The molecule has 1 fully saturated rings. The van der Waals surface area contributed by atoms with E-state index in [1.165, 1.54) is 38.8 Å². The number of piperidine rings is 1. The van der Waals surface area contributed by atoms with E-state index in [1.807, 2.05) is 0 Å². The van der Waals surface area contributed by atoms with Crippen LogP contribution in [-0.4, -0.2) is 36.6 Å². The van der Waals surface area contributed by atoms with Crippen LogP contribution < -0.4 is 5.32 Å². The third-order valence-electron chi connectivity index (χ3n) is 4.51. The first kappa shape index (κ1) is 16.0. The van der Waals surface area contributed by atoms with Crippen molar-refractivity contribution in [2.75, 3.05) is 20.1 Å². The average molecular weight is 254 g/mol. The topological polar surface area (TPSA) is 15.3 Å². The molecule has 1 aliphatic heterocycles. The predicted octanol–water partition coefficient (Wildman–Crippen LogP) is 3.52. The molecule has 0 radical (unpaired) electrons. The lowest BCUT2D eigenvalue weighted by atomic mass is 9.86. The summed E-state index contributed by atoms with van der Waals surface area (Å²) >= 11 is 0. The molecule has 2 nitrogen and oxygen atoms in total. The summed E-state index contributed by atoms with van der Waals surface area (Å²) in [5.74, 6) is 1.62. The fraction of sp³-hybridized carbons (Fsp3) is 1.00. The van der Waals surface area contributed by atoms with Gasteiger partial charge in [-0.2, -0.15) is 0 Å². The largest absolute Gasteiger partial charge is 0.314 e. The van der Waals surface area contributed by atoms with Crippen molar-refractivity contribution in [2.45, 2.75) is 71.9 Å². The molecular weight excluding hydrogens is 220 g/mol. The minimum absolute atomic E-state index is 0.372. The van der Waals surface area contributed by atoms with Gasteiger partial charge < -0.3 is 10.2 Å². The van der Waals surface area contributed by atoms with Gasteiger partial charge in [-0.3, -0.25) is 0 Å². The fourth-order valence-corrected chi connectivity index (χ4v) is 3.12. The molecule has 1 N–H and O–H groups in total. The first-order chi connectivity index (χ1) is 8.36. The fourth-order valence-electron chi connectivity index (χ4n) is 3.12. The van der Waals surface area contributed by atoms with Gasteiger partial charge in [0.15, 0.2) is 0 Å². The van der Waals surface area contributed by atoms with E-state index in [2.05, 4.69) is 51.9 Å². The summed E-state index contributed by atoms with van der Waals surface area (Å²) in [5.41, 5.74) is 0.372. The predicted molar refractivity (Wildman–Crippen MR) is 81.0 cm³/mol. The molecule has 0 aromatic heterocycles. The third-order valence-corrected chi connectivity index (χ3v) is 4.51. The van der Waals surface area contributed by atoms with Crippen LogP contribution >= 0.6 is 0 Å². The van der Waals surface area contributed by atoms with Crippen LogP contribution in [0.2, 0.25) is 0 Å². The molecule has 2 heteroatoms. The van der Waals surface area contributed by atoms with Crippen LogP contribution in [0.4, 0.5) is 0 Å². The lowest BCUT2D eigenvalue weighted by Gasteiger charge is -2.43. The molecule has 1 rings (SSSR count). The van der Waals surface area contributed by atoms with Crippen LogP contribution in [-0.2, 0) is 0 Å². The van der Waals surface area contributed by atoms with Gasteiger partial charge in [-0.25, -0.2) is 0 Å². The number of likely N-dealkylation sites (tertiary alicyclic amines) is 1. The lowest BCUT2D eigenvalue weighted by molar-refractivity contribution is 0.0875. The molecule has 0 spiro atoms. The van der Waals surface area contributed by atoms with Gasteiger partial charge >= 0.3 is 0 Å². The average Bonchev–Trinajstić information content (AvgIpc) is 2.28. The Labute approximate surface area is 115 Å². The van der Waals surface area contributed by atoms with Crippen LogP contribution in [0, 0.1) is 11.8 Å². The van der Waals surface area contributed by atoms with Gasteiger partial charge in [0.25, 0.3) is 0 Å². The van der Waals surface area contributed by atoms with E-state index in [-0.39, 0.29) is 0 Å². The molecule has 0 unspecified atom stereocenters. The minimum atomic E-state index is 0.372. The first-order valence-electron chi connectivity index (χ1n) is 7.79. The Hall–Kier alpha value is -0.0800. The van der Waals surface area contributed by atoms with Crippen molar-refractivity contribution in [2.24, 2.45) is 11.8 Å². The Morgan fingerprint density at radius 2 is 1.44 bits per heavy atom. The van der Waals surface area contributed by atoms with Gasteiger partial charge in [0.1, 0.15) is 0 Å². The van der Waals surface area contributed by atoms with E-state index in [1.54, 1.807) is 0 Å². The highest BCUT2D eigenvalue weighted by Crippen LogP contribution is 2.27. The van der Waals surface area contributed by atoms with Crippen LogP contribution in [0.15, 0.2) is 0 Å². The van der Waals surface area contributed by atoms with Crippen molar-refractivity contribution < 1.29 is 0 Å². The molecule has 1 heterocycles. The van der Waals surface area contributed by atoms with Crippen LogP contribution in [0.3, 0.4) is 0 Å². The van der Waals surface area contributed by atoms with E-state index in [0.29, 0.717) is 5.54 Å². The normalized spacial score (nSPS) is 21.2. The van der Waals surface area contributed by atoms with Crippen LogP contribution in [0.25, 0.3) is 0 Å². The molecule has 0 aliphatic carbocycles. The van der Waals surface area contributed by atoms with Crippen molar-refractivity contribution in [1.82, 2.24) is 10.2 Å². The summed E-state index contributed by atoms with van der Waals surface area (Å²) < 4.78 is 0.